The van der Waals surface area contributed by atoms with Crippen molar-refractivity contribution in [3.05, 3.63) is 50.6 Å². The van der Waals surface area contributed by atoms with Gasteiger partial charge in [-0.1, -0.05) is 11.3 Å². The second-order valence-electron chi connectivity index (χ2n) is 5.08. The molecule has 0 radical (unpaired) electrons. The molecule has 8 heteroatoms. The molecule has 0 saturated heterocycles. The Hall–Kier alpha value is -2.22. The summed E-state index contributed by atoms with van der Waals surface area (Å²) in [5.74, 6) is -1.92. The number of thiazole rings is 1. The molecule has 0 aliphatic rings. The van der Waals surface area contributed by atoms with Crippen molar-refractivity contribution in [1.82, 2.24) is 9.88 Å². The zero-order chi connectivity index (χ0) is 17.0. The minimum Gasteiger partial charge on any atom is -0.488 e. The smallest absolute Gasteiger partial charge is 0.307 e. The van der Waals surface area contributed by atoms with Crippen LogP contribution < -0.4 is 14.9 Å². The number of benzene rings is 1. The van der Waals surface area contributed by atoms with Gasteiger partial charge in [0.15, 0.2) is 11.6 Å². The molecule has 2 aromatic rings. The summed E-state index contributed by atoms with van der Waals surface area (Å²) in [4.78, 5) is 23.2. The van der Waals surface area contributed by atoms with E-state index in [1.165, 1.54) is 10.6 Å². The zero-order valence-electron chi connectivity index (χ0n) is 12.6. The Morgan fingerprint density at radius 3 is 2.78 bits per heavy atom. The van der Waals surface area contributed by atoms with E-state index in [-0.39, 0.29) is 29.7 Å². The lowest BCUT2D eigenvalue weighted by atomic mass is 10.3. The van der Waals surface area contributed by atoms with E-state index in [1.807, 2.05) is 0 Å². The Morgan fingerprint density at radius 1 is 1.43 bits per heavy atom. The first-order chi connectivity index (χ1) is 10.9. The molecule has 0 fully saturated rings. The number of aryl methyl sites for hydroxylation is 1. The van der Waals surface area contributed by atoms with Gasteiger partial charge in [-0.3, -0.25) is 14.2 Å². The molecule has 1 heterocycles. The van der Waals surface area contributed by atoms with Crippen LogP contribution in [0, 0.1) is 18.6 Å². The zero-order valence-corrected chi connectivity index (χ0v) is 13.5. The van der Waals surface area contributed by atoms with Crippen LogP contribution in [0.2, 0.25) is 0 Å². The van der Waals surface area contributed by atoms with Crippen LogP contribution in [0.25, 0.3) is 0 Å². The number of nitrogens with zero attached hydrogens (tertiary/aromatic N) is 1. The van der Waals surface area contributed by atoms with Crippen molar-refractivity contribution in [2.75, 3.05) is 6.61 Å². The van der Waals surface area contributed by atoms with Crippen LogP contribution >= 0.6 is 11.3 Å². The van der Waals surface area contributed by atoms with E-state index in [4.69, 9.17) is 4.74 Å². The van der Waals surface area contributed by atoms with Crippen LogP contribution in [0.5, 0.6) is 5.75 Å². The van der Waals surface area contributed by atoms with Gasteiger partial charge in [0.1, 0.15) is 19.0 Å². The number of hydrogen-bond donors (Lipinski definition) is 1. The number of carbonyl (C=O) groups excluding carboxylic acids is 1. The predicted molar refractivity (Wildman–Crippen MR) is 82.8 cm³/mol. The molecule has 1 atom stereocenters. The first-order valence-corrected chi connectivity index (χ1v) is 7.77. The van der Waals surface area contributed by atoms with E-state index in [1.54, 1.807) is 19.2 Å². The summed E-state index contributed by atoms with van der Waals surface area (Å²) in [5, 5.41) is 4.34. The fourth-order valence-corrected chi connectivity index (χ4v) is 2.64. The fraction of sp³-hybridized carbons (Fsp3) is 0.333. The number of rotatable bonds is 6. The van der Waals surface area contributed by atoms with E-state index in [2.05, 4.69) is 5.32 Å². The van der Waals surface area contributed by atoms with Gasteiger partial charge in [0, 0.05) is 17.1 Å². The third-order valence-corrected chi connectivity index (χ3v) is 3.95. The Morgan fingerprint density at radius 2 is 2.17 bits per heavy atom. The van der Waals surface area contributed by atoms with Crippen LogP contribution in [-0.2, 0) is 11.3 Å². The molecule has 1 aromatic heterocycles. The summed E-state index contributed by atoms with van der Waals surface area (Å²) in [6, 6.07) is 2.60. The normalized spacial score (nSPS) is 12.0. The van der Waals surface area contributed by atoms with Crippen molar-refractivity contribution in [3.8, 4) is 5.75 Å². The molecular weight excluding hydrogens is 326 g/mol. The van der Waals surface area contributed by atoms with Gasteiger partial charge in [-0.2, -0.15) is 0 Å². The number of ether oxygens (including phenoxy) is 1. The van der Waals surface area contributed by atoms with Gasteiger partial charge in [-0.15, -0.1) is 0 Å². The highest BCUT2D eigenvalue weighted by Gasteiger charge is 2.13. The third-order valence-electron chi connectivity index (χ3n) is 3.07. The number of aromatic nitrogens is 1. The van der Waals surface area contributed by atoms with Crippen molar-refractivity contribution in [2.45, 2.75) is 26.4 Å². The topological polar surface area (TPSA) is 60.3 Å². The van der Waals surface area contributed by atoms with Gasteiger partial charge in [-0.05, 0) is 26.0 Å². The summed E-state index contributed by atoms with van der Waals surface area (Å²) in [6.45, 7) is 3.37. The standard InChI is InChI=1S/C15H16F2N2O3S/c1-9(7-22-13-4-3-11(16)5-12(13)17)18-14(20)6-19-10(2)8-23-15(19)21/h3-5,8-9H,6-7H2,1-2H3,(H,18,20). The molecule has 1 unspecified atom stereocenters. The molecule has 0 aliphatic heterocycles. The summed E-state index contributed by atoms with van der Waals surface area (Å²) in [7, 11) is 0. The van der Waals surface area contributed by atoms with Gasteiger partial charge < -0.3 is 10.1 Å². The maximum atomic E-state index is 13.4. The van der Waals surface area contributed by atoms with Crippen molar-refractivity contribution >= 4 is 17.2 Å². The molecule has 5 nitrogen and oxygen atoms in total. The largest absolute Gasteiger partial charge is 0.488 e. The monoisotopic (exact) mass is 342 g/mol. The number of carbonyl (C=O) groups is 1. The molecule has 0 spiro atoms. The second-order valence-corrected chi connectivity index (χ2v) is 5.90. The Labute approximate surface area is 135 Å². The summed E-state index contributed by atoms with van der Waals surface area (Å²) >= 11 is 1.03. The van der Waals surface area contributed by atoms with Gasteiger partial charge >= 0.3 is 4.87 Å². The molecule has 2 rings (SSSR count). The number of hydrogen-bond acceptors (Lipinski definition) is 4. The van der Waals surface area contributed by atoms with E-state index in [9.17, 15) is 18.4 Å². The molecule has 1 aromatic carbocycles. The highest BCUT2D eigenvalue weighted by atomic mass is 32.1. The van der Waals surface area contributed by atoms with E-state index in [0.29, 0.717) is 5.69 Å². The maximum Gasteiger partial charge on any atom is 0.307 e. The first kappa shape index (κ1) is 17.1. The van der Waals surface area contributed by atoms with E-state index < -0.39 is 17.7 Å². The highest BCUT2D eigenvalue weighted by molar-refractivity contribution is 7.07. The molecule has 124 valence electrons. The third kappa shape index (κ3) is 4.62. The van der Waals surface area contributed by atoms with Crippen LogP contribution in [0.4, 0.5) is 8.78 Å². The Kier molecular flexibility index (Phi) is 5.49. The average Bonchev–Trinajstić information content (AvgIpc) is 2.78. The highest BCUT2D eigenvalue weighted by Crippen LogP contribution is 2.17. The molecule has 0 aliphatic carbocycles. The van der Waals surface area contributed by atoms with E-state index >= 15 is 0 Å². The van der Waals surface area contributed by atoms with Crippen molar-refractivity contribution in [3.63, 3.8) is 0 Å². The van der Waals surface area contributed by atoms with E-state index in [0.717, 1.165) is 23.5 Å². The second kappa shape index (κ2) is 7.36. The minimum atomic E-state index is -0.802. The van der Waals surface area contributed by atoms with Gasteiger partial charge in [0.05, 0.1) is 6.04 Å². The quantitative estimate of drug-likeness (QED) is 0.874. The molecule has 1 N–H and O–H groups in total. The fourth-order valence-electron chi connectivity index (χ4n) is 1.91. The van der Waals surface area contributed by atoms with Crippen molar-refractivity contribution in [1.29, 1.82) is 0 Å². The van der Waals surface area contributed by atoms with Crippen molar-refractivity contribution in [2.24, 2.45) is 0 Å². The van der Waals surface area contributed by atoms with Crippen LogP contribution in [0.15, 0.2) is 28.4 Å². The summed E-state index contributed by atoms with van der Waals surface area (Å²) < 4.78 is 32.8. The molecule has 23 heavy (non-hydrogen) atoms. The van der Waals surface area contributed by atoms with Crippen LogP contribution in [0.1, 0.15) is 12.6 Å². The predicted octanol–water partition coefficient (Wildman–Crippen LogP) is 2.08. The number of nitrogens with one attached hydrogen (secondary N) is 1. The first-order valence-electron chi connectivity index (χ1n) is 6.89. The Balaban J connectivity index is 1.86. The van der Waals surface area contributed by atoms with Gasteiger partial charge in [0.2, 0.25) is 5.91 Å². The van der Waals surface area contributed by atoms with Gasteiger partial charge in [-0.25, -0.2) is 8.78 Å². The molecule has 0 bridgehead atoms. The lowest BCUT2D eigenvalue weighted by Gasteiger charge is -2.15. The number of amides is 1. The number of halogens is 2. The lowest BCUT2D eigenvalue weighted by Crippen LogP contribution is -2.40. The lowest BCUT2D eigenvalue weighted by molar-refractivity contribution is -0.122. The van der Waals surface area contributed by atoms with Crippen LogP contribution in [-0.4, -0.2) is 23.1 Å². The average molecular weight is 342 g/mol. The van der Waals surface area contributed by atoms with Crippen LogP contribution in [0.3, 0.4) is 0 Å². The van der Waals surface area contributed by atoms with Gasteiger partial charge in [0.25, 0.3) is 0 Å². The molecule has 1 amide bonds. The maximum absolute atomic E-state index is 13.4. The summed E-state index contributed by atoms with van der Waals surface area (Å²) in [6.07, 6.45) is 0. The summed E-state index contributed by atoms with van der Waals surface area (Å²) in [5.41, 5.74) is 0.715. The van der Waals surface area contributed by atoms with Crippen molar-refractivity contribution < 1.29 is 18.3 Å². The SMILES string of the molecule is Cc1csc(=O)n1CC(=O)NC(C)COc1ccc(F)cc1F. The Bertz CT molecular complexity index is 757. The minimum absolute atomic E-state index is 0.0197. The molecule has 0 saturated carbocycles. The molecular formula is C15H16F2N2O3S.